The van der Waals surface area contributed by atoms with Gasteiger partial charge in [-0.1, -0.05) is 20.3 Å². The fraction of sp³-hybridized carbons (Fsp3) is 0.941. The first-order valence-corrected chi connectivity index (χ1v) is 8.87. The summed E-state index contributed by atoms with van der Waals surface area (Å²) in [6.07, 6.45) is 8.47. The van der Waals surface area contributed by atoms with Crippen molar-refractivity contribution in [1.82, 2.24) is 10.2 Å². The van der Waals surface area contributed by atoms with Crippen LogP contribution in [0.15, 0.2) is 0 Å². The van der Waals surface area contributed by atoms with Crippen LogP contribution in [0.2, 0.25) is 0 Å². The van der Waals surface area contributed by atoms with Gasteiger partial charge in [-0.25, -0.2) is 0 Å². The molecule has 0 aliphatic heterocycles. The minimum atomic E-state index is 0.207. The van der Waals surface area contributed by atoms with E-state index in [0.29, 0.717) is 24.5 Å². The number of hydrogen-bond donors (Lipinski definition) is 2. The fourth-order valence-corrected chi connectivity index (χ4v) is 4.10. The molecule has 2 saturated carbocycles. The Morgan fingerprint density at radius 3 is 2.52 bits per heavy atom. The number of carbonyl (C=O) groups is 1. The number of hydrogen-bond acceptors (Lipinski definition) is 3. The Kier molecular flexibility index (Phi) is 6.49. The highest BCUT2D eigenvalue weighted by atomic mass is 16.2. The number of amides is 1. The second-order valence-corrected chi connectivity index (χ2v) is 7.08. The van der Waals surface area contributed by atoms with E-state index in [4.69, 9.17) is 5.73 Å². The van der Waals surface area contributed by atoms with E-state index in [1.54, 1.807) is 0 Å². The van der Waals surface area contributed by atoms with Crippen molar-refractivity contribution in [3.05, 3.63) is 0 Å². The van der Waals surface area contributed by atoms with E-state index in [1.165, 1.54) is 32.1 Å². The van der Waals surface area contributed by atoms with Gasteiger partial charge in [0.15, 0.2) is 0 Å². The summed E-state index contributed by atoms with van der Waals surface area (Å²) in [5.74, 6) is 1.61. The van der Waals surface area contributed by atoms with Crippen molar-refractivity contribution in [2.24, 2.45) is 17.6 Å². The van der Waals surface area contributed by atoms with E-state index in [9.17, 15) is 4.79 Å². The normalized spacial score (nSPS) is 33.3. The third kappa shape index (κ3) is 4.68. The van der Waals surface area contributed by atoms with Crippen LogP contribution in [0.5, 0.6) is 0 Å². The standard InChI is InChI=1S/C17H33N3O/c1-3-20(16-6-4-5-14(16)11-18)12-17(21)19-15-9-7-13(2)8-10-15/h13-16H,3-12,18H2,1-2H3,(H,19,21). The first-order chi connectivity index (χ1) is 10.1. The van der Waals surface area contributed by atoms with Gasteiger partial charge in [0.2, 0.25) is 5.91 Å². The minimum Gasteiger partial charge on any atom is -0.352 e. The quantitative estimate of drug-likeness (QED) is 0.789. The van der Waals surface area contributed by atoms with Crippen LogP contribution in [-0.2, 0) is 4.79 Å². The van der Waals surface area contributed by atoms with Crippen LogP contribution >= 0.6 is 0 Å². The van der Waals surface area contributed by atoms with E-state index in [0.717, 1.165) is 31.8 Å². The summed E-state index contributed by atoms with van der Waals surface area (Å²) in [6, 6.07) is 0.915. The average molecular weight is 295 g/mol. The Hall–Kier alpha value is -0.610. The summed E-state index contributed by atoms with van der Waals surface area (Å²) in [5, 5.41) is 3.25. The molecule has 21 heavy (non-hydrogen) atoms. The van der Waals surface area contributed by atoms with Crippen molar-refractivity contribution in [3.8, 4) is 0 Å². The van der Waals surface area contributed by atoms with Gasteiger partial charge >= 0.3 is 0 Å². The van der Waals surface area contributed by atoms with Crippen LogP contribution in [0, 0.1) is 11.8 Å². The smallest absolute Gasteiger partial charge is 0.234 e. The molecule has 122 valence electrons. The molecule has 0 spiro atoms. The minimum absolute atomic E-state index is 0.207. The molecule has 4 heteroatoms. The number of nitrogens with zero attached hydrogens (tertiary/aromatic N) is 1. The summed E-state index contributed by atoms with van der Waals surface area (Å²) in [7, 11) is 0. The monoisotopic (exact) mass is 295 g/mol. The van der Waals surface area contributed by atoms with Gasteiger partial charge < -0.3 is 11.1 Å². The van der Waals surface area contributed by atoms with Gasteiger partial charge in [-0.3, -0.25) is 9.69 Å². The van der Waals surface area contributed by atoms with Gasteiger partial charge in [0, 0.05) is 12.1 Å². The van der Waals surface area contributed by atoms with Gasteiger partial charge in [0.25, 0.3) is 0 Å². The third-order valence-corrected chi connectivity index (χ3v) is 5.52. The molecule has 3 N–H and O–H groups in total. The summed E-state index contributed by atoms with van der Waals surface area (Å²) in [5.41, 5.74) is 5.88. The lowest BCUT2D eigenvalue weighted by molar-refractivity contribution is -0.123. The van der Waals surface area contributed by atoms with Crippen LogP contribution in [0.25, 0.3) is 0 Å². The number of nitrogens with two attached hydrogens (primary N) is 1. The summed E-state index contributed by atoms with van der Waals surface area (Å²) in [4.78, 5) is 14.7. The molecule has 0 heterocycles. The van der Waals surface area contributed by atoms with E-state index in [-0.39, 0.29) is 5.91 Å². The average Bonchev–Trinajstić information content (AvgIpc) is 2.95. The lowest BCUT2D eigenvalue weighted by atomic mass is 9.87. The zero-order chi connectivity index (χ0) is 15.2. The Bertz CT molecular complexity index is 326. The van der Waals surface area contributed by atoms with Crippen LogP contribution in [0.3, 0.4) is 0 Å². The van der Waals surface area contributed by atoms with E-state index in [2.05, 4.69) is 24.1 Å². The molecule has 0 aromatic carbocycles. The van der Waals surface area contributed by atoms with Crippen LogP contribution < -0.4 is 11.1 Å². The first-order valence-electron chi connectivity index (χ1n) is 8.87. The zero-order valence-corrected chi connectivity index (χ0v) is 13.8. The van der Waals surface area contributed by atoms with E-state index < -0.39 is 0 Å². The lowest BCUT2D eigenvalue weighted by Crippen LogP contribution is -2.48. The molecule has 0 aromatic rings. The zero-order valence-electron chi connectivity index (χ0n) is 13.8. The van der Waals surface area contributed by atoms with E-state index in [1.807, 2.05) is 0 Å². The SMILES string of the molecule is CCN(CC(=O)NC1CCC(C)CC1)C1CCCC1CN. The predicted octanol–water partition coefficient (Wildman–Crippen LogP) is 2.13. The molecule has 0 saturated heterocycles. The topological polar surface area (TPSA) is 58.4 Å². The molecular formula is C17H33N3O. The van der Waals surface area contributed by atoms with Crippen molar-refractivity contribution >= 4 is 5.91 Å². The maximum Gasteiger partial charge on any atom is 0.234 e. The second kappa shape index (κ2) is 8.14. The van der Waals surface area contributed by atoms with Gasteiger partial charge in [0.1, 0.15) is 0 Å². The van der Waals surface area contributed by atoms with Gasteiger partial charge in [-0.05, 0) is 63.5 Å². The molecule has 2 atom stereocenters. The van der Waals surface area contributed by atoms with Crippen molar-refractivity contribution in [2.75, 3.05) is 19.6 Å². The highest BCUT2D eigenvalue weighted by Crippen LogP contribution is 2.29. The molecule has 0 aromatic heterocycles. The number of likely N-dealkylation sites (N-methyl/N-ethyl adjacent to an activating group) is 1. The van der Waals surface area contributed by atoms with Gasteiger partial charge in [0.05, 0.1) is 6.54 Å². The highest BCUT2D eigenvalue weighted by molar-refractivity contribution is 5.78. The molecule has 0 radical (unpaired) electrons. The Morgan fingerprint density at radius 2 is 1.90 bits per heavy atom. The Morgan fingerprint density at radius 1 is 1.19 bits per heavy atom. The fourth-order valence-electron chi connectivity index (χ4n) is 4.10. The molecule has 4 nitrogen and oxygen atoms in total. The molecule has 2 unspecified atom stereocenters. The predicted molar refractivity (Wildman–Crippen MR) is 87.0 cm³/mol. The molecule has 1 amide bonds. The van der Waals surface area contributed by atoms with Gasteiger partial charge in [-0.2, -0.15) is 0 Å². The highest BCUT2D eigenvalue weighted by Gasteiger charge is 2.31. The van der Waals surface area contributed by atoms with E-state index >= 15 is 0 Å². The van der Waals surface area contributed by atoms with Crippen molar-refractivity contribution < 1.29 is 4.79 Å². The summed E-state index contributed by atoms with van der Waals surface area (Å²) >= 11 is 0. The molecule has 0 bridgehead atoms. The third-order valence-electron chi connectivity index (χ3n) is 5.52. The Labute approximate surface area is 129 Å². The van der Waals surface area contributed by atoms with Crippen molar-refractivity contribution in [3.63, 3.8) is 0 Å². The maximum absolute atomic E-state index is 12.3. The summed E-state index contributed by atoms with van der Waals surface area (Å²) < 4.78 is 0. The van der Waals surface area contributed by atoms with Crippen molar-refractivity contribution in [2.45, 2.75) is 70.9 Å². The lowest BCUT2D eigenvalue weighted by Gasteiger charge is -2.32. The van der Waals surface area contributed by atoms with Crippen LogP contribution in [0.1, 0.15) is 58.8 Å². The van der Waals surface area contributed by atoms with Gasteiger partial charge in [-0.15, -0.1) is 0 Å². The number of carbonyl (C=O) groups excluding carboxylic acids is 1. The van der Waals surface area contributed by atoms with Crippen molar-refractivity contribution in [1.29, 1.82) is 0 Å². The molecule has 2 fully saturated rings. The molecular weight excluding hydrogens is 262 g/mol. The largest absolute Gasteiger partial charge is 0.352 e. The Balaban J connectivity index is 1.79. The first kappa shape index (κ1) is 16.8. The maximum atomic E-state index is 12.3. The molecule has 2 aliphatic carbocycles. The molecule has 2 aliphatic rings. The summed E-state index contributed by atoms with van der Waals surface area (Å²) in [6.45, 7) is 6.70. The number of rotatable bonds is 6. The van der Waals surface area contributed by atoms with Crippen LogP contribution in [-0.4, -0.2) is 42.5 Å². The van der Waals surface area contributed by atoms with Crippen LogP contribution in [0.4, 0.5) is 0 Å². The second-order valence-electron chi connectivity index (χ2n) is 7.08. The number of nitrogens with one attached hydrogen (secondary N) is 1. The molecule has 2 rings (SSSR count).